The Labute approximate surface area is 132 Å². The summed E-state index contributed by atoms with van der Waals surface area (Å²) >= 11 is 7.15. The summed E-state index contributed by atoms with van der Waals surface area (Å²) in [5, 5.41) is 0. The smallest absolute Gasteiger partial charge is 0.127 e. The van der Waals surface area contributed by atoms with E-state index in [4.69, 9.17) is 9.47 Å². The summed E-state index contributed by atoms with van der Waals surface area (Å²) in [5.74, 6) is 1.42. The Kier molecular flexibility index (Phi) is 5.32. The van der Waals surface area contributed by atoms with E-state index in [1.807, 2.05) is 19.1 Å². The molecule has 2 rings (SSSR count). The van der Waals surface area contributed by atoms with Crippen LogP contribution in [0.2, 0.25) is 0 Å². The van der Waals surface area contributed by atoms with Crippen LogP contribution in [0.5, 0.6) is 5.75 Å². The molecule has 0 N–H and O–H groups in total. The zero-order chi connectivity index (χ0) is 14.0. The fourth-order valence-corrected chi connectivity index (χ4v) is 3.53. The largest absolute Gasteiger partial charge is 0.487 e. The van der Waals surface area contributed by atoms with Gasteiger partial charge in [0.2, 0.25) is 0 Å². The van der Waals surface area contributed by atoms with E-state index in [-0.39, 0.29) is 12.2 Å². The molecule has 1 saturated carbocycles. The molecule has 106 valence electrons. The van der Waals surface area contributed by atoms with Crippen molar-refractivity contribution >= 4 is 31.9 Å². The maximum absolute atomic E-state index is 6.16. The summed E-state index contributed by atoms with van der Waals surface area (Å²) in [6.07, 6.45) is 1.31. The summed E-state index contributed by atoms with van der Waals surface area (Å²) in [5.41, 5.74) is 1.24. The third-order valence-corrected chi connectivity index (χ3v) is 4.80. The molecule has 0 aromatic heterocycles. The maximum atomic E-state index is 6.16. The molecule has 2 nitrogen and oxygen atoms in total. The quantitative estimate of drug-likeness (QED) is 0.665. The molecule has 3 unspecified atom stereocenters. The molecular weight excluding hydrogens is 372 g/mol. The molecule has 0 spiro atoms. The molecule has 4 heteroatoms. The zero-order valence-electron chi connectivity index (χ0n) is 11.5. The van der Waals surface area contributed by atoms with Gasteiger partial charge in [-0.25, -0.2) is 0 Å². The summed E-state index contributed by atoms with van der Waals surface area (Å²) in [7, 11) is 0. The van der Waals surface area contributed by atoms with Crippen LogP contribution in [-0.4, -0.2) is 23.6 Å². The normalized spacial score (nSPS) is 26.3. The number of halogens is 2. The Morgan fingerprint density at radius 3 is 2.68 bits per heavy atom. The molecule has 0 amide bonds. The highest BCUT2D eigenvalue weighted by atomic mass is 79.9. The first-order chi connectivity index (χ1) is 9.02. The summed E-state index contributed by atoms with van der Waals surface area (Å²) in [4.78, 5) is 0.412. The first-order valence-electron chi connectivity index (χ1n) is 6.74. The van der Waals surface area contributed by atoms with Gasteiger partial charge in [0, 0.05) is 22.3 Å². The molecule has 3 atom stereocenters. The second-order valence-corrected chi connectivity index (χ2v) is 7.26. The van der Waals surface area contributed by atoms with Crippen LogP contribution in [0.15, 0.2) is 22.7 Å². The molecule has 1 aliphatic rings. The van der Waals surface area contributed by atoms with Crippen LogP contribution in [-0.2, 0) is 4.74 Å². The van der Waals surface area contributed by atoms with E-state index in [0.717, 1.165) is 23.2 Å². The zero-order valence-corrected chi connectivity index (χ0v) is 14.7. The molecular formula is C15H20Br2O2. The van der Waals surface area contributed by atoms with Crippen molar-refractivity contribution in [3.63, 3.8) is 0 Å². The van der Waals surface area contributed by atoms with Crippen molar-refractivity contribution in [2.75, 3.05) is 6.61 Å². The fourth-order valence-electron chi connectivity index (χ4n) is 2.29. The topological polar surface area (TPSA) is 18.5 Å². The molecule has 0 aliphatic heterocycles. The minimum Gasteiger partial charge on any atom is -0.487 e. The fraction of sp³-hybridized carbons (Fsp3) is 0.600. The lowest BCUT2D eigenvalue weighted by atomic mass is 9.91. The Balaban J connectivity index is 2.11. The van der Waals surface area contributed by atoms with Crippen LogP contribution in [0, 0.1) is 0 Å². The first kappa shape index (κ1) is 15.3. The highest BCUT2D eigenvalue weighted by Gasteiger charge is 2.42. The highest BCUT2D eigenvalue weighted by molar-refractivity contribution is 9.10. The van der Waals surface area contributed by atoms with Gasteiger partial charge < -0.3 is 9.47 Å². The highest BCUT2D eigenvalue weighted by Crippen LogP contribution is 2.37. The Morgan fingerprint density at radius 2 is 2.11 bits per heavy atom. The third kappa shape index (κ3) is 3.53. The number of rotatable bonds is 5. The standard InChI is InChI=1S/C15H20Br2O2/c1-4-18-15-12(17)8-14(15)19-13-6-5-10(16)7-11(13)9(2)3/h5-7,9,12,14-15H,4,8H2,1-3H3. The molecule has 1 aromatic rings. The lowest BCUT2D eigenvalue weighted by Gasteiger charge is -2.41. The van der Waals surface area contributed by atoms with E-state index in [1.54, 1.807) is 0 Å². The number of benzene rings is 1. The minimum atomic E-state index is 0.156. The third-order valence-electron chi connectivity index (χ3n) is 3.41. The Bertz CT molecular complexity index is 434. The summed E-state index contributed by atoms with van der Waals surface area (Å²) < 4.78 is 13.0. The summed E-state index contributed by atoms with van der Waals surface area (Å²) in [6, 6.07) is 6.21. The second-order valence-electron chi connectivity index (χ2n) is 5.16. The molecule has 0 radical (unpaired) electrons. The second kappa shape index (κ2) is 6.59. The van der Waals surface area contributed by atoms with Gasteiger partial charge in [0.15, 0.2) is 0 Å². The molecule has 0 bridgehead atoms. The van der Waals surface area contributed by atoms with Crippen molar-refractivity contribution < 1.29 is 9.47 Å². The lowest BCUT2D eigenvalue weighted by Crippen LogP contribution is -2.52. The van der Waals surface area contributed by atoms with E-state index in [0.29, 0.717) is 10.7 Å². The Morgan fingerprint density at radius 1 is 1.37 bits per heavy atom. The van der Waals surface area contributed by atoms with Gasteiger partial charge in [0.25, 0.3) is 0 Å². The average Bonchev–Trinajstić information content (AvgIpc) is 2.37. The van der Waals surface area contributed by atoms with E-state index in [9.17, 15) is 0 Å². The van der Waals surface area contributed by atoms with Crippen molar-refractivity contribution in [3.05, 3.63) is 28.2 Å². The van der Waals surface area contributed by atoms with E-state index in [1.165, 1.54) is 5.56 Å². The van der Waals surface area contributed by atoms with Crippen LogP contribution in [0.25, 0.3) is 0 Å². The molecule has 1 fully saturated rings. The number of alkyl halides is 1. The molecule has 0 saturated heterocycles. The van der Waals surface area contributed by atoms with Crippen LogP contribution in [0.1, 0.15) is 38.7 Å². The average molecular weight is 392 g/mol. The number of hydrogen-bond acceptors (Lipinski definition) is 2. The van der Waals surface area contributed by atoms with Crippen molar-refractivity contribution in [2.24, 2.45) is 0 Å². The van der Waals surface area contributed by atoms with Gasteiger partial charge in [-0.3, -0.25) is 0 Å². The minimum absolute atomic E-state index is 0.156. The van der Waals surface area contributed by atoms with Gasteiger partial charge >= 0.3 is 0 Å². The lowest BCUT2D eigenvalue weighted by molar-refractivity contribution is -0.0726. The van der Waals surface area contributed by atoms with Crippen molar-refractivity contribution in [2.45, 2.75) is 50.1 Å². The van der Waals surface area contributed by atoms with Gasteiger partial charge in [-0.1, -0.05) is 45.7 Å². The van der Waals surface area contributed by atoms with Gasteiger partial charge in [-0.15, -0.1) is 0 Å². The molecule has 0 heterocycles. The van der Waals surface area contributed by atoms with Crippen LogP contribution < -0.4 is 4.74 Å². The van der Waals surface area contributed by atoms with Crippen molar-refractivity contribution in [3.8, 4) is 5.75 Å². The Hall–Kier alpha value is -0.0600. The van der Waals surface area contributed by atoms with E-state index >= 15 is 0 Å². The van der Waals surface area contributed by atoms with Crippen molar-refractivity contribution in [1.82, 2.24) is 0 Å². The van der Waals surface area contributed by atoms with Gasteiger partial charge in [-0.05, 0) is 36.6 Å². The number of ether oxygens (including phenoxy) is 2. The van der Waals surface area contributed by atoms with Gasteiger partial charge in [0.1, 0.15) is 18.0 Å². The van der Waals surface area contributed by atoms with E-state index in [2.05, 4.69) is 51.8 Å². The van der Waals surface area contributed by atoms with Crippen molar-refractivity contribution in [1.29, 1.82) is 0 Å². The molecule has 1 aromatic carbocycles. The first-order valence-corrected chi connectivity index (χ1v) is 8.45. The van der Waals surface area contributed by atoms with E-state index < -0.39 is 0 Å². The van der Waals surface area contributed by atoms with Crippen LogP contribution in [0.3, 0.4) is 0 Å². The van der Waals surface area contributed by atoms with Gasteiger partial charge in [0.05, 0.1) is 0 Å². The predicted molar refractivity (Wildman–Crippen MR) is 85.4 cm³/mol. The summed E-state index contributed by atoms with van der Waals surface area (Å²) in [6.45, 7) is 7.11. The van der Waals surface area contributed by atoms with Gasteiger partial charge in [-0.2, -0.15) is 0 Å². The maximum Gasteiger partial charge on any atom is 0.127 e. The monoisotopic (exact) mass is 390 g/mol. The van der Waals surface area contributed by atoms with Crippen LogP contribution in [0.4, 0.5) is 0 Å². The SMILES string of the molecule is CCOC1C(Br)CC1Oc1ccc(Br)cc1C(C)C. The molecule has 1 aliphatic carbocycles. The number of hydrogen-bond donors (Lipinski definition) is 0. The predicted octanol–water partition coefficient (Wildman–Crippen LogP) is 4.89. The molecule has 19 heavy (non-hydrogen) atoms. The van der Waals surface area contributed by atoms with Crippen LogP contribution >= 0.6 is 31.9 Å².